The SMILES string of the molecule is Cc1ccc(C(=O)c2ccccc2C(=O)NCC2COCCO2)cc1. The highest BCUT2D eigenvalue weighted by Gasteiger charge is 2.20. The molecule has 0 aromatic heterocycles. The third-order valence-electron chi connectivity index (χ3n) is 4.11. The number of hydrogen-bond donors (Lipinski definition) is 1. The fourth-order valence-electron chi connectivity index (χ4n) is 2.70. The smallest absolute Gasteiger partial charge is 0.252 e. The van der Waals surface area contributed by atoms with Crippen molar-refractivity contribution >= 4 is 11.7 Å². The second-order valence-electron chi connectivity index (χ2n) is 6.02. The van der Waals surface area contributed by atoms with Crippen molar-refractivity contribution < 1.29 is 19.1 Å². The minimum absolute atomic E-state index is 0.155. The third kappa shape index (κ3) is 4.32. The number of aryl methyl sites for hydroxylation is 1. The van der Waals surface area contributed by atoms with Crippen LogP contribution in [-0.2, 0) is 9.47 Å². The number of ketones is 1. The fraction of sp³-hybridized carbons (Fsp3) is 0.300. The van der Waals surface area contributed by atoms with Crippen LogP contribution in [0.5, 0.6) is 0 Å². The van der Waals surface area contributed by atoms with Crippen molar-refractivity contribution in [1.82, 2.24) is 5.32 Å². The molecular weight excluding hydrogens is 318 g/mol. The van der Waals surface area contributed by atoms with Gasteiger partial charge in [0.15, 0.2) is 5.78 Å². The quantitative estimate of drug-likeness (QED) is 0.850. The molecule has 0 aliphatic carbocycles. The molecule has 25 heavy (non-hydrogen) atoms. The Morgan fingerprint density at radius 2 is 1.76 bits per heavy atom. The van der Waals surface area contributed by atoms with Crippen LogP contribution >= 0.6 is 0 Å². The van der Waals surface area contributed by atoms with Crippen LogP contribution in [0.1, 0.15) is 31.8 Å². The lowest BCUT2D eigenvalue weighted by Gasteiger charge is -2.23. The Labute approximate surface area is 147 Å². The molecule has 1 N–H and O–H groups in total. The molecule has 1 fully saturated rings. The average Bonchev–Trinajstić information content (AvgIpc) is 2.67. The van der Waals surface area contributed by atoms with Gasteiger partial charge in [-0.3, -0.25) is 9.59 Å². The second kappa shape index (κ2) is 8.05. The molecule has 2 aromatic carbocycles. The van der Waals surface area contributed by atoms with Crippen LogP contribution in [0.4, 0.5) is 0 Å². The lowest BCUT2D eigenvalue weighted by Crippen LogP contribution is -2.40. The summed E-state index contributed by atoms with van der Waals surface area (Å²) >= 11 is 0. The van der Waals surface area contributed by atoms with Crippen molar-refractivity contribution in [2.45, 2.75) is 13.0 Å². The number of ether oxygens (including phenoxy) is 2. The molecular formula is C20H21NO4. The number of carbonyl (C=O) groups excluding carboxylic acids is 2. The summed E-state index contributed by atoms with van der Waals surface area (Å²) in [6, 6.07) is 14.2. The number of carbonyl (C=O) groups is 2. The van der Waals surface area contributed by atoms with Gasteiger partial charge < -0.3 is 14.8 Å². The summed E-state index contributed by atoms with van der Waals surface area (Å²) < 4.78 is 10.8. The zero-order chi connectivity index (χ0) is 17.6. The molecule has 1 aliphatic heterocycles. The predicted octanol–water partition coefficient (Wildman–Crippen LogP) is 2.37. The number of hydrogen-bond acceptors (Lipinski definition) is 4. The van der Waals surface area contributed by atoms with Crippen LogP contribution in [0.3, 0.4) is 0 Å². The summed E-state index contributed by atoms with van der Waals surface area (Å²) in [6.45, 7) is 3.89. The Balaban J connectivity index is 1.74. The standard InChI is InChI=1S/C20H21NO4/c1-14-6-8-15(9-7-14)19(22)17-4-2-3-5-18(17)20(23)21-12-16-13-24-10-11-25-16/h2-9,16H,10-13H2,1H3,(H,21,23). The van der Waals surface area contributed by atoms with Gasteiger partial charge in [0.1, 0.15) is 0 Å². The van der Waals surface area contributed by atoms with Crippen molar-refractivity contribution in [2.75, 3.05) is 26.4 Å². The molecule has 0 bridgehead atoms. The van der Waals surface area contributed by atoms with E-state index in [0.29, 0.717) is 43.1 Å². The molecule has 1 amide bonds. The van der Waals surface area contributed by atoms with Gasteiger partial charge in [0.25, 0.3) is 5.91 Å². The summed E-state index contributed by atoms with van der Waals surface area (Å²) in [5, 5.41) is 2.83. The van der Waals surface area contributed by atoms with E-state index in [1.165, 1.54) is 0 Å². The molecule has 1 aliphatic rings. The van der Waals surface area contributed by atoms with Gasteiger partial charge in [-0.05, 0) is 13.0 Å². The lowest BCUT2D eigenvalue weighted by molar-refractivity contribution is -0.0855. The van der Waals surface area contributed by atoms with E-state index >= 15 is 0 Å². The molecule has 0 spiro atoms. The fourth-order valence-corrected chi connectivity index (χ4v) is 2.70. The van der Waals surface area contributed by atoms with Crippen molar-refractivity contribution in [2.24, 2.45) is 0 Å². The molecule has 1 atom stereocenters. The van der Waals surface area contributed by atoms with E-state index in [-0.39, 0.29) is 17.8 Å². The zero-order valence-corrected chi connectivity index (χ0v) is 14.2. The Bertz CT molecular complexity index is 749. The molecule has 5 heteroatoms. The first-order chi connectivity index (χ1) is 12.1. The van der Waals surface area contributed by atoms with Crippen LogP contribution in [0.15, 0.2) is 48.5 Å². The van der Waals surface area contributed by atoms with E-state index in [1.54, 1.807) is 36.4 Å². The zero-order valence-electron chi connectivity index (χ0n) is 14.2. The van der Waals surface area contributed by atoms with Crippen LogP contribution in [0.25, 0.3) is 0 Å². The molecule has 0 saturated carbocycles. The number of nitrogens with one attached hydrogen (secondary N) is 1. The summed E-state index contributed by atoms with van der Waals surface area (Å²) in [4.78, 5) is 25.3. The number of benzene rings is 2. The lowest BCUT2D eigenvalue weighted by atomic mass is 9.97. The van der Waals surface area contributed by atoms with Crippen LogP contribution in [0.2, 0.25) is 0 Å². The van der Waals surface area contributed by atoms with Gasteiger partial charge in [-0.1, -0.05) is 48.0 Å². The topological polar surface area (TPSA) is 64.6 Å². The Morgan fingerprint density at radius 1 is 1.04 bits per heavy atom. The molecule has 5 nitrogen and oxygen atoms in total. The Hall–Kier alpha value is -2.50. The van der Waals surface area contributed by atoms with Gasteiger partial charge in [-0.2, -0.15) is 0 Å². The van der Waals surface area contributed by atoms with E-state index in [9.17, 15) is 9.59 Å². The first-order valence-corrected chi connectivity index (χ1v) is 8.33. The first kappa shape index (κ1) is 17.3. The minimum atomic E-state index is -0.287. The number of amides is 1. The summed E-state index contributed by atoms with van der Waals surface area (Å²) in [6.07, 6.45) is -0.155. The molecule has 1 saturated heterocycles. The molecule has 0 radical (unpaired) electrons. The molecule has 2 aromatic rings. The van der Waals surface area contributed by atoms with Crippen LogP contribution in [-0.4, -0.2) is 44.2 Å². The highest BCUT2D eigenvalue weighted by molar-refractivity contribution is 6.15. The maximum absolute atomic E-state index is 12.8. The molecule has 130 valence electrons. The first-order valence-electron chi connectivity index (χ1n) is 8.33. The van der Waals surface area contributed by atoms with Gasteiger partial charge in [-0.25, -0.2) is 0 Å². The maximum Gasteiger partial charge on any atom is 0.252 e. The van der Waals surface area contributed by atoms with E-state index in [4.69, 9.17) is 9.47 Å². The summed E-state index contributed by atoms with van der Waals surface area (Å²) in [7, 11) is 0. The van der Waals surface area contributed by atoms with E-state index in [2.05, 4.69) is 5.32 Å². The van der Waals surface area contributed by atoms with E-state index < -0.39 is 0 Å². The van der Waals surface area contributed by atoms with E-state index in [1.807, 2.05) is 19.1 Å². The summed E-state index contributed by atoms with van der Waals surface area (Å²) in [5.41, 5.74) is 2.40. The van der Waals surface area contributed by atoms with Crippen LogP contribution in [0, 0.1) is 6.92 Å². The van der Waals surface area contributed by atoms with Crippen molar-refractivity contribution in [3.8, 4) is 0 Å². The minimum Gasteiger partial charge on any atom is -0.376 e. The Kier molecular flexibility index (Phi) is 5.58. The molecule has 3 rings (SSSR count). The third-order valence-corrected chi connectivity index (χ3v) is 4.11. The number of rotatable bonds is 5. The van der Waals surface area contributed by atoms with Gasteiger partial charge in [0.2, 0.25) is 0 Å². The molecule has 1 unspecified atom stereocenters. The normalized spacial score (nSPS) is 17.1. The van der Waals surface area contributed by atoms with Crippen LogP contribution < -0.4 is 5.32 Å². The van der Waals surface area contributed by atoms with Gasteiger partial charge in [-0.15, -0.1) is 0 Å². The highest BCUT2D eigenvalue weighted by atomic mass is 16.6. The van der Waals surface area contributed by atoms with Crippen molar-refractivity contribution in [3.05, 3.63) is 70.8 Å². The highest BCUT2D eigenvalue weighted by Crippen LogP contribution is 2.15. The predicted molar refractivity (Wildman–Crippen MR) is 93.9 cm³/mol. The maximum atomic E-state index is 12.8. The van der Waals surface area contributed by atoms with E-state index in [0.717, 1.165) is 5.56 Å². The average molecular weight is 339 g/mol. The Morgan fingerprint density at radius 3 is 2.44 bits per heavy atom. The van der Waals surface area contributed by atoms with Gasteiger partial charge >= 0.3 is 0 Å². The van der Waals surface area contributed by atoms with Gasteiger partial charge in [0, 0.05) is 17.7 Å². The van der Waals surface area contributed by atoms with Crippen molar-refractivity contribution in [3.63, 3.8) is 0 Å². The molecule has 1 heterocycles. The van der Waals surface area contributed by atoms with Crippen molar-refractivity contribution in [1.29, 1.82) is 0 Å². The summed E-state index contributed by atoms with van der Waals surface area (Å²) in [5.74, 6) is -0.451. The largest absolute Gasteiger partial charge is 0.376 e. The monoisotopic (exact) mass is 339 g/mol. The van der Waals surface area contributed by atoms with Gasteiger partial charge in [0.05, 0.1) is 31.5 Å². The second-order valence-corrected chi connectivity index (χ2v) is 6.02.